The number of rotatable bonds is 2. The van der Waals surface area contributed by atoms with Crippen molar-refractivity contribution in [2.45, 2.75) is 26.8 Å². The predicted octanol–water partition coefficient (Wildman–Crippen LogP) is 2.74. The van der Waals surface area contributed by atoms with Gasteiger partial charge in [-0.3, -0.25) is 4.90 Å². The van der Waals surface area contributed by atoms with Gasteiger partial charge in [0.15, 0.2) is 0 Å². The molecular formula is C15H22N2. The summed E-state index contributed by atoms with van der Waals surface area (Å²) in [5.74, 6) is 1.71. The summed E-state index contributed by atoms with van der Waals surface area (Å²) in [6.45, 7) is 9.50. The third-order valence-electron chi connectivity index (χ3n) is 4.35. The van der Waals surface area contributed by atoms with Crippen LogP contribution in [0, 0.1) is 11.8 Å². The molecule has 0 amide bonds. The summed E-state index contributed by atoms with van der Waals surface area (Å²) < 4.78 is 0. The maximum atomic E-state index is 3.42. The molecule has 0 aliphatic carbocycles. The van der Waals surface area contributed by atoms with Crippen LogP contribution in [0.1, 0.15) is 25.0 Å². The van der Waals surface area contributed by atoms with E-state index in [0.717, 1.165) is 24.9 Å². The molecule has 3 rings (SSSR count). The van der Waals surface area contributed by atoms with Crippen molar-refractivity contribution in [2.24, 2.45) is 11.8 Å². The van der Waals surface area contributed by atoms with Gasteiger partial charge in [0.2, 0.25) is 0 Å². The Morgan fingerprint density at radius 3 is 2.76 bits per heavy atom. The summed E-state index contributed by atoms with van der Waals surface area (Å²) >= 11 is 0. The number of fused-ring (bicyclic) bond motifs is 1. The maximum absolute atomic E-state index is 3.42. The number of likely N-dealkylation sites (tertiary alicyclic amines) is 1. The van der Waals surface area contributed by atoms with Gasteiger partial charge in [0, 0.05) is 31.9 Å². The van der Waals surface area contributed by atoms with Crippen LogP contribution in [0.5, 0.6) is 0 Å². The zero-order valence-corrected chi connectivity index (χ0v) is 10.9. The first-order chi connectivity index (χ1) is 8.22. The Morgan fingerprint density at radius 1 is 1.24 bits per heavy atom. The van der Waals surface area contributed by atoms with E-state index in [1.54, 1.807) is 0 Å². The number of nitrogens with one attached hydrogen (secondary N) is 1. The number of anilines is 1. The van der Waals surface area contributed by atoms with Gasteiger partial charge in [-0.05, 0) is 35.4 Å². The van der Waals surface area contributed by atoms with Crippen LogP contribution in [0.4, 0.5) is 5.69 Å². The fraction of sp³-hybridized carbons (Fsp3) is 0.600. The van der Waals surface area contributed by atoms with Crippen molar-refractivity contribution in [3.63, 3.8) is 0 Å². The molecule has 2 heteroatoms. The predicted molar refractivity (Wildman–Crippen MR) is 72.2 cm³/mol. The van der Waals surface area contributed by atoms with Crippen molar-refractivity contribution < 1.29 is 0 Å². The van der Waals surface area contributed by atoms with E-state index >= 15 is 0 Å². The quantitative estimate of drug-likeness (QED) is 0.840. The van der Waals surface area contributed by atoms with Gasteiger partial charge in [-0.1, -0.05) is 26.0 Å². The number of hydrogen-bond donors (Lipinski definition) is 1. The smallest absolute Gasteiger partial charge is 0.0373 e. The highest BCUT2D eigenvalue weighted by molar-refractivity contribution is 5.56. The van der Waals surface area contributed by atoms with Crippen LogP contribution in [-0.4, -0.2) is 24.5 Å². The Balaban J connectivity index is 1.69. The zero-order chi connectivity index (χ0) is 11.8. The van der Waals surface area contributed by atoms with E-state index in [9.17, 15) is 0 Å². The summed E-state index contributed by atoms with van der Waals surface area (Å²) in [5, 5.41) is 3.42. The molecule has 0 spiro atoms. The minimum absolute atomic E-state index is 0.853. The minimum Gasteiger partial charge on any atom is -0.384 e. The van der Waals surface area contributed by atoms with E-state index in [-0.39, 0.29) is 0 Å². The molecule has 1 aromatic rings. The number of benzene rings is 1. The highest BCUT2D eigenvalue weighted by Crippen LogP contribution is 2.26. The second-order valence-electron chi connectivity index (χ2n) is 5.82. The Labute approximate surface area is 104 Å². The van der Waals surface area contributed by atoms with Crippen molar-refractivity contribution >= 4 is 5.69 Å². The molecule has 0 bridgehead atoms. The molecule has 17 heavy (non-hydrogen) atoms. The van der Waals surface area contributed by atoms with Crippen LogP contribution in [0.15, 0.2) is 18.2 Å². The van der Waals surface area contributed by atoms with Gasteiger partial charge >= 0.3 is 0 Å². The lowest BCUT2D eigenvalue weighted by atomic mass is 10.0. The molecule has 0 saturated carbocycles. The standard InChI is InChI=1S/C15H22N2/c1-11-8-17(9-12(11)2)10-13-3-4-15-14(7-13)5-6-16-15/h3-4,7,11-12,16H,5-6,8-10H2,1-2H3. The molecule has 0 radical (unpaired) electrons. The molecule has 92 valence electrons. The van der Waals surface area contributed by atoms with Gasteiger partial charge in [-0.15, -0.1) is 0 Å². The van der Waals surface area contributed by atoms with Crippen LogP contribution in [0.2, 0.25) is 0 Å². The second-order valence-corrected chi connectivity index (χ2v) is 5.82. The first kappa shape index (κ1) is 11.1. The van der Waals surface area contributed by atoms with Gasteiger partial charge in [-0.25, -0.2) is 0 Å². The van der Waals surface area contributed by atoms with Crippen molar-refractivity contribution in [3.8, 4) is 0 Å². The Kier molecular flexibility index (Phi) is 2.83. The van der Waals surface area contributed by atoms with Gasteiger partial charge in [0.25, 0.3) is 0 Å². The van der Waals surface area contributed by atoms with Crippen LogP contribution in [0.25, 0.3) is 0 Å². The number of nitrogens with zero attached hydrogens (tertiary/aromatic N) is 1. The molecule has 2 aliphatic heterocycles. The van der Waals surface area contributed by atoms with Crippen molar-refractivity contribution in [2.75, 3.05) is 25.0 Å². The lowest BCUT2D eigenvalue weighted by molar-refractivity contribution is 0.316. The highest BCUT2D eigenvalue weighted by Gasteiger charge is 2.25. The van der Waals surface area contributed by atoms with Gasteiger partial charge in [-0.2, -0.15) is 0 Å². The molecule has 2 unspecified atom stereocenters. The monoisotopic (exact) mass is 230 g/mol. The Morgan fingerprint density at radius 2 is 2.00 bits per heavy atom. The Bertz CT molecular complexity index is 403. The molecule has 2 nitrogen and oxygen atoms in total. The van der Waals surface area contributed by atoms with E-state index in [1.165, 1.54) is 36.3 Å². The first-order valence-electron chi connectivity index (χ1n) is 6.80. The van der Waals surface area contributed by atoms with E-state index in [1.807, 2.05) is 0 Å². The topological polar surface area (TPSA) is 15.3 Å². The van der Waals surface area contributed by atoms with Gasteiger partial charge in [0.1, 0.15) is 0 Å². The molecule has 2 heterocycles. The van der Waals surface area contributed by atoms with Gasteiger partial charge in [0.05, 0.1) is 0 Å². The fourth-order valence-electron chi connectivity index (χ4n) is 3.09. The summed E-state index contributed by atoms with van der Waals surface area (Å²) in [6.07, 6.45) is 1.19. The van der Waals surface area contributed by atoms with Crippen LogP contribution in [0.3, 0.4) is 0 Å². The van der Waals surface area contributed by atoms with Crippen molar-refractivity contribution in [1.29, 1.82) is 0 Å². The lowest BCUT2D eigenvalue weighted by Gasteiger charge is -2.16. The molecule has 1 N–H and O–H groups in total. The Hall–Kier alpha value is -1.02. The van der Waals surface area contributed by atoms with Crippen molar-refractivity contribution in [3.05, 3.63) is 29.3 Å². The van der Waals surface area contributed by atoms with Crippen LogP contribution < -0.4 is 5.32 Å². The average Bonchev–Trinajstić information content (AvgIpc) is 2.86. The SMILES string of the molecule is CC1CN(Cc2ccc3c(c2)CCN3)CC1C. The van der Waals surface area contributed by atoms with E-state index in [0.29, 0.717) is 0 Å². The number of hydrogen-bond acceptors (Lipinski definition) is 2. The molecule has 2 aliphatic rings. The van der Waals surface area contributed by atoms with Crippen LogP contribution >= 0.6 is 0 Å². The molecule has 0 aromatic heterocycles. The van der Waals surface area contributed by atoms with E-state index in [2.05, 4.69) is 42.3 Å². The third-order valence-corrected chi connectivity index (χ3v) is 4.35. The molecular weight excluding hydrogens is 208 g/mol. The fourth-order valence-corrected chi connectivity index (χ4v) is 3.09. The highest BCUT2D eigenvalue weighted by atomic mass is 15.1. The summed E-state index contributed by atoms with van der Waals surface area (Å²) in [7, 11) is 0. The maximum Gasteiger partial charge on any atom is 0.0373 e. The first-order valence-corrected chi connectivity index (χ1v) is 6.80. The summed E-state index contributed by atoms with van der Waals surface area (Å²) in [4.78, 5) is 2.60. The minimum atomic E-state index is 0.853. The largest absolute Gasteiger partial charge is 0.384 e. The molecule has 1 fully saturated rings. The average molecular weight is 230 g/mol. The normalized spacial score (nSPS) is 28.1. The van der Waals surface area contributed by atoms with E-state index in [4.69, 9.17) is 0 Å². The summed E-state index contributed by atoms with van der Waals surface area (Å²) in [6, 6.07) is 6.92. The van der Waals surface area contributed by atoms with Crippen LogP contribution in [-0.2, 0) is 13.0 Å². The third kappa shape index (κ3) is 2.19. The van der Waals surface area contributed by atoms with E-state index < -0.39 is 0 Å². The van der Waals surface area contributed by atoms with Crippen molar-refractivity contribution in [1.82, 2.24) is 4.90 Å². The summed E-state index contributed by atoms with van der Waals surface area (Å²) in [5.41, 5.74) is 4.33. The second kappa shape index (κ2) is 4.34. The molecule has 2 atom stereocenters. The van der Waals surface area contributed by atoms with Gasteiger partial charge < -0.3 is 5.32 Å². The molecule has 1 aromatic carbocycles. The lowest BCUT2D eigenvalue weighted by Crippen LogP contribution is -2.20. The molecule has 1 saturated heterocycles. The zero-order valence-electron chi connectivity index (χ0n) is 10.9.